The number of hydrogen-bond donors (Lipinski definition) is 2. The summed E-state index contributed by atoms with van der Waals surface area (Å²) in [7, 11) is 0. The van der Waals surface area contributed by atoms with E-state index in [1.54, 1.807) is 18.3 Å². The highest BCUT2D eigenvalue weighted by Crippen LogP contribution is 2.28. The minimum absolute atomic E-state index is 0.462. The molecule has 0 atom stereocenters. The summed E-state index contributed by atoms with van der Waals surface area (Å²) >= 11 is 0. The number of terminal acetylenes is 1. The van der Waals surface area contributed by atoms with Crippen molar-refractivity contribution in [3.8, 4) is 23.5 Å². The molecule has 0 saturated heterocycles. The van der Waals surface area contributed by atoms with Crippen LogP contribution < -0.4 is 11.1 Å². The van der Waals surface area contributed by atoms with Gasteiger partial charge < -0.3 is 11.1 Å². The maximum absolute atomic E-state index is 11.4. The molecule has 0 aliphatic carbocycles. The average Bonchev–Trinajstić information content (AvgIpc) is 2.56. The SMILES string of the molecule is C#CC(=O)Nc1cc(-c2cnc(C)c(/C=C\CC)c2)ccc1N. The van der Waals surface area contributed by atoms with Gasteiger partial charge in [0.05, 0.1) is 11.4 Å². The Morgan fingerprint density at radius 2 is 2.17 bits per heavy atom. The van der Waals surface area contributed by atoms with E-state index in [4.69, 9.17) is 12.2 Å². The zero-order valence-electron chi connectivity index (χ0n) is 13.3. The summed E-state index contributed by atoms with van der Waals surface area (Å²) in [5.74, 6) is 1.49. The molecule has 4 heteroatoms. The molecular formula is C19H19N3O. The van der Waals surface area contributed by atoms with E-state index < -0.39 is 5.91 Å². The van der Waals surface area contributed by atoms with E-state index >= 15 is 0 Å². The van der Waals surface area contributed by atoms with Crippen molar-refractivity contribution in [1.29, 1.82) is 0 Å². The van der Waals surface area contributed by atoms with Crippen molar-refractivity contribution < 1.29 is 4.79 Å². The van der Waals surface area contributed by atoms with Gasteiger partial charge in [0.25, 0.3) is 5.91 Å². The van der Waals surface area contributed by atoms with Gasteiger partial charge in [-0.15, -0.1) is 6.42 Å². The van der Waals surface area contributed by atoms with Crippen LogP contribution >= 0.6 is 0 Å². The molecule has 1 aromatic heterocycles. The maximum Gasteiger partial charge on any atom is 0.300 e. The third kappa shape index (κ3) is 3.98. The number of carbonyl (C=O) groups excluding carboxylic acids is 1. The smallest absolute Gasteiger partial charge is 0.300 e. The molecule has 0 fully saturated rings. The van der Waals surface area contributed by atoms with Crippen LogP contribution in [0.3, 0.4) is 0 Å². The summed E-state index contributed by atoms with van der Waals surface area (Å²) in [5, 5.41) is 2.60. The van der Waals surface area contributed by atoms with Gasteiger partial charge >= 0.3 is 0 Å². The van der Waals surface area contributed by atoms with Gasteiger partial charge in [-0.1, -0.05) is 25.1 Å². The number of nitrogens with zero attached hydrogens (tertiary/aromatic N) is 1. The van der Waals surface area contributed by atoms with E-state index in [1.165, 1.54) is 0 Å². The van der Waals surface area contributed by atoms with Gasteiger partial charge in [-0.05, 0) is 48.6 Å². The second-order valence-electron chi connectivity index (χ2n) is 5.11. The molecule has 2 aromatic rings. The Bertz CT molecular complexity index is 801. The molecule has 1 heterocycles. The van der Waals surface area contributed by atoms with Crippen LogP contribution in [-0.2, 0) is 4.79 Å². The summed E-state index contributed by atoms with van der Waals surface area (Å²) in [4.78, 5) is 15.8. The van der Waals surface area contributed by atoms with E-state index in [1.807, 2.05) is 18.9 Å². The summed E-state index contributed by atoms with van der Waals surface area (Å²) in [5.41, 5.74) is 10.7. The van der Waals surface area contributed by atoms with Crippen molar-refractivity contribution in [2.24, 2.45) is 0 Å². The predicted octanol–water partition coefficient (Wildman–Crippen LogP) is 3.63. The lowest BCUT2D eigenvalue weighted by molar-refractivity contribution is -0.111. The van der Waals surface area contributed by atoms with Crippen molar-refractivity contribution in [2.45, 2.75) is 20.3 Å². The van der Waals surface area contributed by atoms with Crippen LogP contribution in [0.5, 0.6) is 0 Å². The first kappa shape index (κ1) is 16.3. The minimum Gasteiger partial charge on any atom is -0.397 e. The molecule has 0 radical (unpaired) electrons. The molecule has 3 N–H and O–H groups in total. The Labute approximate surface area is 136 Å². The second kappa shape index (κ2) is 7.28. The molecule has 1 amide bonds. The molecular weight excluding hydrogens is 286 g/mol. The van der Waals surface area contributed by atoms with Crippen LogP contribution in [0, 0.1) is 19.3 Å². The first-order valence-electron chi connectivity index (χ1n) is 7.35. The molecule has 0 spiro atoms. The lowest BCUT2D eigenvalue weighted by atomic mass is 10.0. The average molecular weight is 305 g/mol. The fourth-order valence-electron chi connectivity index (χ4n) is 2.12. The Morgan fingerprint density at radius 1 is 1.39 bits per heavy atom. The zero-order chi connectivity index (χ0) is 16.8. The molecule has 0 bridgehead atoms. The quantitative estimate of drug-likeness (QED) is 0.669. The number of rotatable bonds is 4. The lowest BCUT2D eigenvalue weighted by Crippen LogP contribution is -2.10. The van der Waals surface area contributed by atoms with Crippen LogP contribution in [0.25, 0.3) is 17.2 Å². The van der Waals surface area contributed by atoms with Gasteiger partial charge in [-0.25, -0.2) is 0 Å². The fourth-order valence-corrected chi connectivity index (χ4v) is 2.12. The number of allylic oxidation sites excluding steroid dienone is 1. The first-order valence-corrected chi connectivity index (χ1v) is 7.35. The van der Waals surface area contributed by atoms with Crippen LogP contribution in [-0.4, -0.2) is 10.9 Å². The highest BCUT2D eigenvalue weighted by Gasteiger charge is 2.07. The van der Waals surface area contributed by atoms with Gasteiger partial charge in [0.2, 0.25) is 0 Å². The Morgan fingerprint density at radius 3 is 2.87 bits per heavy atom. The predicted molar refractivity (Wildman–Crippen MR) is 95.6 cm³/mol. The van der Waals surface area contributed by atoms with Gasteiger partial charge in [-0.3, -0.25) is 9.78 Å². The minimum atomic E-state index is -0.526. The molecule has 0 unspecified atom stereocenters. The number of aryl methyl sites for hydroxylation is 1. The summed E-state index contributed by atoms with van der Waals surface area (Å²) in [6.07, 6.45) is 12.0. The molecule has 2 rings (SSSR count). The van der Waals surface area contributed by atoms with E-state index in [0.717, 1.165) is 28.8 Å². The highest BCUT2D eigenvalue weighted by molar-refractivity contribution is 6.05. The molecule has 0 aliphatic heterocycles. The zero-order valence-corrected chi connectivity index (χ0v) is 13.3. The van der Waals surface area contributed by atoms with Gasteiger partial charge in [-0.2, -0.15) is 0 Å². The van der Waals surface area contributed by atoms with E-state index in [9.17, 15) is 4.79 Å². The number of hydrogen-bond acceptors (Lipinski definition) is 3. The number of carbonyl (C=O) groups is 1. The Balaban J connectivity index is 2.42. The van der Waals surface area contributed by atoms with E-state index in [2.05, 4.69) is 35.4 Å². The number of pyridine rings is 1. The molecule has 0 saturated carbocycles. The third-order valence-electron chi connectivity index (χ3n) is 3.43. The number of nitrogens with two attached hydrogens (primary N) is 1. The Hall–Kier alpha value is -3.06. The molecule has 23 heavy (non-hydrogen) atoms. The van der Waals surface area contributed by atoms with Crippen molar-refractivity contribution in [3.63, 3.8) is 0 Å². The number of benzene rings is 1. The van der Waals surface area contributed by atoms with Crippen LogP contribution in [0.2, 0.25) is 0 Å². The van der Waals surface area contributed by atoms with Gasteiger partial charge in [0.1, 0.15) is 0 Å². The van der Waals surface area contributed by atoms with Crippen molar-refractivity contribution in [2.75, 3.05) is 11.1 Å². The molecule has 1 aromatic carbocycles. The van der Waals surface area contributed by atoms with Crippen LogP contribution in [0.15, 0.2) is 36.5 Å². The van der Waals surface area contributed by atoms with Crippen molar-refractivity contribution in [1.82, 2.24) is 4.98 Å². The topological polar surface area (TPSA) is 68.0 Å². The molecule has 0 aliphatic rings. The fraction of sp³-hybridized carbons (Fsp3) is 0.158. The van der Waals surface area contributed by atoms with Gasteiger partial charge in [0, 0.05) is 17.5 Å². The third-order valence-corrected chi connectivity index (χ3v) is 3.43. The van der Waals surface area contributed by atoms with Crippen molar-refractivity contribution >= 4 is 23.4 Å². The normalized spacial score (nSPS) is 10.5. The second-order valence-corrected chi connectivity index (χ2v) is 5.11. The standard InChI is InChI=1S/C19H19N3O/c1-4-6-7-14-10-16(12-21-13(14)3)15-8-9-17(20)18(11-15)22-19(23)5-2/h2,6-12H,4,20H2,1,3H3,(H,22,23)/b7-6-. The van der Waals surface area contributed by atoms with Gasteiger partial charge in [0.15, 0.2) is 0 Å². The monoisotopic (exact) mass is 305 g/mol. The number of anilines is 2. The number of nitrogen functional groups attached to an aromatic ring is 1. The first-order chi connectivity index (χ1) is 11.0. The number of amides is 1. The van der Waals surface area contributed by atoms with Crippen molar-refractivity contribution in [3.05, 3.63) is 47.8 Å². The largest absolute Gasteiger partial charge is 0.397 e. The van der Waals surface area contributed by atoms with E-state index in [-0.39, 0.29) is 0 Å². The van der Waals surface area contributed by atoms with E-state index in [0.29, 0.717) is 11.4 Å². The number of nitrogens with one attached hydrogen (secondary N) is 1. The summed E-state index contributed by atoms with van der Waals surface area (Å²) < 4.78 is 0. The van der Waals surface area contributed by atoms with Crippen LogP contribution in [0.4, 0.5) is 11.4 Å². The maximum atomic E-state index is 11.4. The highest BCUT2D eigenvalue weighted by atomic mass is 16.1. The van der Waals surface area contributed by atoms with Crippen LogP contribution in [0.1, 0.15) is 24.6 Å². The lowest BCUT2D eigenvalue weighted by Gasteiger charge is -2.10. The molecule has 4 nitrogen and oxygen atoms in total. The summed E-state index contributed by atoms with van der Waals surface area (Å²) in [6, 6.07) is 7.49. The molecule has 116 valence electrons. The Kier molecular flexibility index (Phi) is 5.16. The number of aromatic nitrogens is 1. The summed E-state index contributed by atoms with van der Waals surface area (Å²) in [6.45, 7) is 4.06.